The van der Waals surface area contributed by atoms with Gasteiger partial charge in [0.15, 0.2) is 0 Å². The predicted octanol–water partition coefficient (Wildman–Crippen LogP) is 3.57. The van der Waals surface area contributed by atoms with Crippen LogP contribution in [0.2, 0.25) is 5.02 Å². The van der Waals surface area contributed by atoms with Gasteiger partial charge in [0.05, 0.1) is 9.72 Å². The summed E-state index contributed by atoms with van der Waals surface area (Å²) in [5, 5.41) is 12.8. The van der Waals surface area contributed by atoms with Crippen molar-refractivity contribution in [1.82, 2.24) is 0 Å². The van der Waals surface area contributed by atoms with Gasteiger partial charge in [-0.3, -0.25) is 0 Å². The minimum absolute atomic E-state index is 0.329. The average Bonchev–Trinajstić information content (AvgIpc) is 2.42. The van der Waals surface area contributed by atoms with Crippen LogP contribution in [0.15, 0.2) is 17.5 Å². The average molecular weight is 199 g/mol. The first-order chi connectivity index (χ1) is 5.70. The number of hydrogen-bond acceptors (Lipinski definition) is 2. The van der Waals surface area contributed by atoms with Crippen molar-refractivity contribution in [2.75, 3.05) is 0 Å². The van der Waals surface area contributed by atoms with E-state index in [1.807, 2.05) is 19.1 Å². The largest absolute Gasteiger partial charge is 0.506 e. The van der Waals surface area contributed by atoms with Crippen LogP contribution in [-0.4, -0.2) is 5.11 Å². The van der Waals surface area contributed by atoms with E-state index in [0.29, 0.717) is 10.8 Å². The number of benzene rings is 1. The van der Waals surface area contributed by atoms with E-state index in [1.165, 1.54) is 11.3 Å². The molecule has 0 spiro atoms. The number of hydrogen-bond donors (Lipinski definition) is 1. The van der Waals surface area contributed by atoms with Crippen LogP contribution in [0.4, 0.5) is 0 Å². The summed E-state index contributed by atoms with van der Waals surface area (Å²) < 4.78 is 0.967. The van der Waals surface area contributed by atoms with Gasteiger partial charge in [-0.2, -0.15) is 0 Å². The summed E-state index contributed by atoms with van der Waals surface area (Å²) >= 11 is 7.41. The molecule has 1 N–H and O–H groups in total. The van der Waals surface area contributed by atoms with Crippen LogP contribution in [0.5, 0.6) is 5.75 Å². The third-order valence-electron chi connectivity index (χ3n) is 1.86. The molecule has 0 fully saturated rings. The molecule has 12 heavy (non-hydrogen) atoms. The zero-order chi connectivity index (χ0) is 8.72. The number of aromatic hydroxyl groups is 1. The van der Waals surface area contributed by atoms with Gasteiger partial charge in [0.25, 0.3) is 0 Å². The van der Waals surface area contributed by atoms with Gasteiger partial charge in [-0.25, -0.2) is 0 Å². The summed E-state index contributed by atoms with van der Waals surface area (Å²) in [7, 11) is 0. The first kappa shape index (κ1) is 7.90. The van der Waals surface area contributed by atoms with Crippen molar-refractivity contribution in [3.8, 4) is 5.75 Å². The van der Waals surface area contributed by atoms with Crippen molar-refractivity contribution in [1.29, 1.82) is 0 Å². The van der Waals surface area contributed by atoms with Crippen molar-refractivity contribution in [3.05, 3.63) is 28.1 Å². The number of aryl methyl sites for hydroxylation is 1. The molecule has 0 bridgehead atoms. The summed E-state index contributed by atoms with van der Waals surface area (Å²) in [5.74, 6) is 0.329. The number of rotatable bonds is 0. The number of halogens is 1. The van der Waals surface area contributed by atoms with E-state index in [0.717, 1.165) is 15.6 Å². The zero-order valence-electron chi connectivity index (χ0n) is 6.47. The molecule has 1 nitrogen and oxygen atoms in total. The first-order valence-corrected chi connectivity index (χ1v) is 4.81. The molecular weight excluding hydrogens is 192 g/mol. The maximum atomic E-state index is 9.47. The highest BCUT2D eigenvalue weighted by Gasteiger charge is 2.07. The van der Waals surface area contributed by atoms with Gasteiger partial charge in [-0.05, 0) is 18.6 Å². The molecule has 62 valence electrons. The van der Waals surface area contributed by atoms with Gasteiger partial charge >= 0.3 is 0 Å². The van der Waals surface area contributed by atoms with Crippen molar-refractivity contribution >= 4 is 33.0 Å². The second-order valence-corrected chi connectivity index (χ2v) is 3.98. The molecule has 2 rings (SSSR count). The summed E-state index contributed by atoms with van der Waals surface area (Å²) in [6.07, 6.45) is 0. The van der Waals surface area contributed by atoms with Gasteiger partial charge in [0.1, 0.15) is 5.75 Å². The van der Waals surface area contributed by atoms with Crippen molar-refractivity contribution in [3.63, 3.8) is 0 Å². The smallest absolute Gasteiger partial charge is 0.134 e. The Morgan fingerprint density at radius 3 is 2.83 bits per heavy atom. The Labute approximate surface area is 79.2 Å². The zero-order valence-corrected chi connectivity index (χ0v) is 8.04. The highest BCUT2D eigenvalue weighted by molar-refractivity contribution is 7.18. The lowest BCUT2D eigenvalue weighted by molar-refractivity contribution is 0.483. The van der Waals surface area contributed by atoms with Crippen LogP contribution in [-0.2, 0) is 0 Å². The van der Waals surface area contributed by atoms with Crippen LogP contribution in [0, 0.1) is 6.92 Å². The molecule has 1 heterocycles. The Balaban J connectivity index is 2.98. The van der Waals surface area contributed by atoms with Crippen LogP contribution in [0.25, 0.3) is 10.1 Å². The van der Waals surface area contributed by atoms with Gasteiger partial charge in [0, 0.05) is 10.8 Å². The number of fused-ring (bicyclic) bond motifs is 1. The molecule has 1 aromatic heterocycles. The summed E-state index contributed by atoms with van der Waals surface area (Å²) in [4.78, 5) is 0. The third kappa shape index (κ3) is 0.993. The van der Waals surface area contributed by atoms with E-state index < -0.39 is 0 Å². The Morgan fingerprint density at radius 2 is 2.17 bits per heavy atom. The lowest BCUT2D eigenvalue weighted by atomic mass is 10.1. The lowest BCUT2D eigenvalue weighted by Crippen LogP contribution is -1.73. The van der Waals surface area contributed by atoms with Gasteiger partial charge < -0.3 is 5.11 Å². The molecule has 0 unspecified atom stereocenters. The Morgan fingerprint density at radius 1 is 1.42 bits per heavy atom. The fourth-order valence-corrected chi connectivity index (χ4v) is 2.47. The Hall–Kier alpha value is -0.730. The SMILES string of the molecule is Cc1ccc(Cl)c2scc(O)c12. The highest BCUT2D eigenvalue weighted by atomic mass is 35.5. The normalized spacial score (nSPS) is 10.8. The van der Waals surface area contributed by atoms with E-state index in [2.05, 4.69) is 0 Å². The standard InChI is InChI=1S/C9H7ClOS/c1-5-2-3-6(10)9-8(5)7(11)4-12-9/h2-4,11H,1H3. The second-order valence-electron chi connectivity index (χ2n) is 2.69. The lowest BCUT2D eigenvalue weighted by Gasteiger charge is -1.97. The molecule has 1 aromatic carbocycles. The van der Waals surface area contributed by atoms with Crippen LogP contribution >= 0.6 is 22.9 Å². The van der Waals surface area contributed by atoms with Crippen LogP contribution in [0.3, 0.4) is 0 Å². The van der Waals surface area contributed by atoms with E-state index in [-0.39, 0.29) is 0 Å². The molecule has 0 saturated carbocycles. The highest BCUT2D eigenvalue weighted by Crippen LogP contribution is 2.37. The Bertz CT molecular complexity index is 433. The van der Waals surface area contributed by atoms with E-state index in [4.69, 9.17) is 11.6 Å². The monoisotopic (exact) mass is 198 g/mol. The minimum atomic E-state index is 0.329. The molecular formula is C9H7ClOS. The quantitative estimate of drug-likeness (QED) is 0.686. The van der Waals surface area contributed by atoms with E-state index in [1.54, 1.807) is 5.38 Å². The molecule has 0 radical (unpaired) electrons. The van der Waals surface area contributed by atoms with Gasteiger partial charge in [-0.15, -0.1) is 11.3 Å². The summed E-state index contributed by atoms with van der Waals surface area (Å²) in [6, 6.07) is 3.77. The molecule has 0 aliphatic carbocycles. The van der Waals surface area contributed by atoms with Crippen LogP contribution < -0.4 is 0 Å². The minimum Gasteiger partial charge on any atom is -0.506 e. The molecule has 0 aliphatic rings. The first-order valence-electron chi connectivity index (χ1n) is 3.55. The topological polar surface area (TPSA) is 20.2 Å². The van der Waals surface area contributed by atoms with Gasteiger partial charge in [0.2, 0.25) is 0 Å². The fourth-order valence-electron chi connectivity index (χ4n) is 1.26. The second kappa shape index (κ2) is 2.64. The third-order valence-corrected chi connectivity index (χ3v) is 3.29. The Kier molecular flexibility index (Phi) is 1.74. The van der Waals surface area contributed by atoms with Crippen molar-refractivity contribution in [2.45, 2.75) is 6.92 Å². The number of thiophene rings is 1. The summed E-state index contributed by atoms with van der Waals surface area (Å²) in [5.41, 5.74) is 1.06. The van der Waals surface area contributed by atoms with Crippen molar-refractivity contribution in [2.24, 2.45) is 0 Å². The molecule has 2 aromatic rings. The molecule has 0 saturated heterocycles. The molecule has 0 aliphatic heterocycles. The molecule has 3 heteroatoms. The van der Waals surface area contributed by atoms with E-state index in [9.17, 15) is 5.11 Å². The molecule has 0 amide bonds. The van der Waals surface area contributed by atoms with Crippen molar-refractivity contribution < 1.29 is 5.11 Å². The van der Waals surface area contributed by atoms with E-state index >= 15 is 0 Å². The molecule has 0 atom stereocenters. The predicted molar refractivity (Wildman–Crippen MR) is 53.2 cm³/mol. The van der Waals surface area contributed by atoms with Crippen LogP contribution in [0.1, 0.15) is 5.56 Å². The van der Waals surface area contributed by atoms with Gasteiger partial charge in [-0.1, -0.05) is 17.7 Å². The maximum Gasteiger partial charge on any atom is 0.134 e. The fraction of sp³-hybridized carbons (Fsp3) is 0.111. The summed E-state index contributed by atoms with van der Waals surface area (Å²) in [6.45, 7) is 1.96. The maximum absolute atomic E-state index is 9.47.